The molecular formula is C17H15F3N2O4S. The van der Waals surface area contributed by atoms with Crippen molar-refractivity contribution in [1.82, 2.24) is 9.55 Å². The molecule has 0 N–H and O–H groups in total. The Morgan fingerprint density at radius 1 is 1.33 bits per heavy atom. The van der Waals surface area contributed by atoms with Crippen LogP contribution in [0.4, 0.5) is 13.2 Å². The Labute approximate surface area is 154 Å². The quantitative estimate of drug-likeness (QED) is 0.615. The van der Waals surface area contributed by atoms with E-state index in [0.29, 0.717) is 16.7 Å². The van der Waals surface area contributed by atoms with E-state index in [4.69, 9.17) is 9.15 Å². The third-order valence-corrected chi connectivity index (χ3v) is 4.49. The molecule has 27 heavy (non-hydrogen) atoms. The summed E-state index contributed by atoms with van der Waals surface area (Å²) in [5, 5.41) is 0. The van der Waals surface area contributed by atoms with Gasteiger partial charge in [-0.05, 0) is 12.1 Å². The first-order valence-corrected chi connectivity index (χ1v) is 9.44. The van der Waals surface area contributed by atoms with Crippen LogP contribution < -0.4 is 10.3 Å². The zero-order valence-corrected chi connectivity index (χ0v) is 15.2. The van der Waals surface area contributed by atoms with E-state index in [0.717, 1.165) is 6.39 Å². The van der Waals surface area contributed by atoms with Gasteiger partial charge in [0.15, 0.2) is 24.1 Å². The lowest BCUT2D eigenvalue weighted by Crippen LogP contribution is -2.20. The van der Waals surface area contributed by atoms with Crippen molar-refractivity contribution in [1.29, 1.82) is 0 Å². The van der Waals surface area contributed by atoms with Crippen molar-refractivity contribution in [2.75, 3.05) is 12.9 Å². The molecule has 1 unspecified atom stereocenters. The first-order valence-electron chi connectivity index (χ1n) is 7.71. The topological polar surface area (TPSA) is 80.3 Å². The lowest BCUT2D eigenvalue weighted by atomic mass is 10.0. The zero-order chi connectivity index (χ0) is 19.8. The number of ether oxygens (including phenoxy) is 1. The van der Waals surface area contributed by atoms with Crippen LogP contribution in [0, 0.1) is 0 Å². The van der Waals surface area contributed by atoms with Crippen molar-refractivity contribution in [3.8, 4) is 16.9 Å². The average molecular weight is 400 g/mol. The summed E-state index contributed by atoms with van der Waals surface area (Å²) in [5.41, 5.74) is 1.09. The van der Waals surface area contributed by atoms with E-state index in [1.807, 2.05) is 0 Å². The fraction of sp³-hybridized carbons (Fsp3) is 0.294. The second-order valence-electron chi connectivity index (χ2n) is 5.94. The van der Waals surface area contributed by atoms with Crippen molar-refractivity contribution >= 4 is 22.3 Å². The third kappa shape index (κ3) is 4.28. The number of hydrogen-bond donors (Lipinski definition) is 0. The van der Waals surface area contributed by atoms with Crippen molar-refractivity contribution < 1.29 is 26.9 Å². The Bertz CT molecular complexity index is 1030. The minimum atomic E-state index is -4.51. The molecule has 0 aliphatic carbocycles. The molecule has 0 spiro atoms. The number of aromatic nitrogens is 2. The largest absolute Gasteiger partial charge is 0.616 e. The molecule has 1 atom stereocenters. The van der Waals surface area contributed by atoms with Gasteiger partial charge in [-0.25, -0.2) is 4.98 Å². The van der Waals surface area contributed by atoms with Gasteiger partial charge in [-0.1, -0.05) is 17.2 Å². The molecule has 0 saturated heterocycles. The van der Waals surface area contributed by atoms with Gasteiger partial charge in [0.2, 0.25) is 0 Å². The molecule has 2 heterocycles. The highest BCUT2D eigenvalue weighted by atomic mass is 32.2. The van der Waals surface area contributed by atoms with Crippen molar-refractivity contribution in [2.45, 2.75) is 11.9 Å². The van der Waals surface area contributed by atoms with E-state index in [2.05, 4.69) is 4.98 Å². The number of hydrogen-bond acceptors (Lipinski definition) is 5. The molecule has 6 nitrogen and oxygen atoms in total. The molecule has 0 saturated carbocycles. The van der Waals surface area contributed by atoms with Gasteiger partial charge in [-0.15, -0.1) is 0 Å². The van der Waals surface area contributed by atoms with Crippen LogP contribution in [-0.4, -0.2) is 33.1 Å². The number of nitrogens with zero attached hydrogens (tertiary/aromatic N) is 2. The number of pyridine rings is 1. The molecule has 10 heteroatoms. The highest BCUT2D eigenvalue weighted by Gasteiger charge is 2.29. The highest BCUT2D eigenvalue weighted by molar-refractivity contribution is 7.89. The summed E-state index contributed by atoms with van der Waals surface area (Å²) in [6.45, 7) is -1.47. The summed E-state index contributed by atoms with van der Waals surface area (Å²) < 4.78 is 60.9. The van der Waals surface area contributed by atoms with Gasteiger partial charge in [-0.3, -0.25) is 4.79 Å². The van der Waals surface area contributed by atoms with E-state index in [9.17, 15) is 22.5 Å². The van der Waals surface area contributed by atoms with Gasteiger partial charge in [0, 0.05) is 29.9 Å². The smallest absolute Gasteiger partial charge is 0.422 e. The van der Waals surface area contributed by atoms with Crippen LogP contribution in [0.1, 0.15) is 5.56 Å². The predicted octanol–water partition coefficient (Wildman–Crippen LogP) is 3.01. The van der Waals surface area contributed by atoms with Crippen LogP contribution in [0.2, 0.25) is 0 Å². The van der Waals surface area contributed by atoms with Gasteiger partial charge >= 0.3 is 6.18 Å². The van der Waals surface area contributed by atoms with Crippen LogP contribution in [0.3, 0.4) is 0 Å². The number of oxazole rings is 1. The normalized spacial score (nSPS) is 13.1. The summed E-state index contributed by atoms with van der Waals surface area (Å²) in [6, 6.07) is 4.52. The molecule has 0 bridgehead atoms. The molecule has 0 aliphatic heterocycles. The van der Waals surface area contributed by atoms with E-state index >= 15 is 0 Å². The maximum absolute atomic E-state index is 12.6. The second kappa shape index (κ2) is 7.28. The summed E-state index contributed by atoms with van der Waals surface area (Å²) in [4.78, 5) is 16.0. The van der Waals surface area contributed by atoms with Crippen LogP contribution in [0.5, 0.6) is 5.75 Å². The number of benzene rings is 1. The predicted molar refractivity (Wildman–Crippen MR) is 94.0 cm³/mol. The Balaban J connectivity index is 2.18. The summed E-state index contributed by atoms with van der Waals surface area (Å²) in [7, 11) is 1.50. The lowest BCUT2D eigenvalue weighted by Gasteiger charge is -2.15. The summed E-state index contributed by atoms with van der Waals surface area (Å²) in [5.74, 6) is 0.187. The molecular weight excluding hydrogens is 385 g/mol. The van der Waals surface area contributed by atoms with Gasteiger partial charge in [0.05, 0.1) is 6.26 Å². The Morgan fingerprint density at radius 2 is 2.07 bits per heavy atom. The number of aryl methyl sites for hydroxylation is 1. The number of rotatable bonds is 5. The van der Waals surface area contributed by atoms with Gasteiger partial charge in [0.1, 0.15) is 11.5 Å². The fourth-order valence-electron chi connectivity index (χ4n) is 2.66. The number of alkyl halides is 3. The molecule has 2 aromatic heterocycles. The molecule has 1 aromatic carbocycles. The van der Waals surface area contributed by atoms with Crippen LogP contribution >= 0.6 is 0 Å². The molecule has 0 aliphatic rings. The van der Waals surface area contributed by atoms with Crippen LogP contribution in [0.15, 0.2) is 40.0 Å². The summed E-state index contributed by atoms with van der Waals surface area (Å²) in [6.07, 6.45) is -0.449. The van der Waals surface area contributed by atoms with Crippen molar-refractivity contribution in [3.63, 3.8) is 0 Å². The molecule has 3 rings (SSSR count). The maximum atomic E-state index is 12.6. The van der Waals surface area contributed by atoms with E-state index in [-0.39, 0.29) is 22.6 Å². The van der Waals surface area contributed by atoms with E-state index in [1.165, 1.54) is 30.1 Å². The van der Waals surface area contributed by atoms with Gasteiger partial charge in [0.25, 0.3) is 5.56 Å². The Hall–Kier alpha value is -2.46. The molecule has 0 amide bonds. The third-order valence-electron chi connectivity index (χ3n) is 3.75. The van der Waals surface area contributed by atoms with E-state index < -0.39 is 29.5 Å². The number of fused-ring (bicyclic) bond motifs is 1. The Kier molecular flexibility index (Phi) is 5.20. The number of halogens is 3. The fourth-order valence-corrected chi connectivity index (χ4v) is 3.31. The minimum absolute atomic E-state index is 0.0330. The molecule has 144 valence electrons. The standard InChI is InChI=1S/C17H15F3N2O4S/c1-22-6-12(15-14(16(22)23)21-9-26-15)11-5-10(7-27(2)24)3-4-13(11)25-8-17(18,19)20/h3-6,9H,7-8H2,1-2H3. The van der Waals surface area contributed by atoms with Gasteiger partial charge in [-0.2, -0.15) is 13.2 Å². The molecule has 0 radical (unpaired) electrons. The van der Waals surface area contributed by atoms with E-state index in [1.54, 1.807) is 12.1 Å². The van der Waals surface area contributed by atoms with Crippen LogP contribution in [-0.2, 0) is 24.0 Å². The maximum Gasteiger partial charge on any atom is 0.422 e. The zero-order valence-electron chi connectivity index (χ0n) is 14.4. The SMILES string of the molecule is Cn1cc(-c2cc(C[S+](C)[O-])ccc2OCC(F)(F)F)c2ocnc2c1=O. The molecule has 3 aromatic rings. The first-order chi connectivity index (χ1) is 12.7. The lowest BCUT2D eigenvalue weighted by molar-refractivity contribution is -0.153. The molecule has 0 fully saturated rings. The average Bonchev–Trinajstić information content (AvgIpc) is 3.05. The monoisotopic (exact) mass is 400 g/mol. The van der Waals surface area contributed by atoms with Crippen LogP contribution in [0.25, 0.3) is 22.2 Å². The van der Waals surface area contributed by atoms with Crippen molar-refractivity contribution in [2.24, 2.45) is 7.05 Å². The Morgan fingerprint density at radius 3 is 2.74 bits per heavy atom. The minimum Gasteiger partial charge on any atom is -0.616 e. The van der Waals surface area contributed by atoms with Gasteiger partial charge < -0.3 is 18.3 Å². The second-order valence-corrected chi connectivity index (χ2v) is 7.38. The first kappa shape index (κ1) is 19.3. The van der Waals surface area contributed by atoms with Crippen molar-refractivity contribution in [3.05, 3.63) is 46.7 Å². The highest BCUT2D eigenvalue weighted by Crippen LogP contribution is 2.36. The summed E-state index contributed by atoms with van der Waals surface area (Å²) >= 11 is -1.14.